The zero-order valence-corrected chi connectivity index (χ0v) is 12.3. The highest BCUT2D eigenvalue weighted by molar-refractivity contribution is 9.10. The van der Waals surface area contributed by atoms with Gasteiger partial charge in [-0.3, -0.25) is 0 Å². The third kappa shape index (κ3) is 3.33. The lowest BCUT2D eigenvalue weighted by molar-refractivity contribution is 0.308. The van der Waals surface area contributed by atoms with E-state index in [0.29, 0.717) is 12.5 Å². The first-order valence-electron chi connectivity index (χ1n) is 5.61. The molecule has 0 aliphatic heterocycles. The minimum absolute atomic E-state index is 0.534. The van der Waals surface area contributed by atoms with E-state index in [0.717, 1.165) is 10.2 Å². The summed E-state index contributed by atoms with van der Waals surface area (Å²) in [5, 5.41) is 2.06. The average molecular weight is 311 g/mol. The molecule has 0 atom stereocenters. The zero-order valence-electron chi connectivity index (χ0n) is 9.94. The molecule has 0 spiro atoms. The fourth-order valence-electron chi connectivity index (χ4n) is 1.54. The predicted octanol–water partition coefficient (Wildman–Crippen LogP) is 5.21. The summed E-state index contributed by atoms with van der Waals surface area (Å²) in [6.45, 7) is 5.00. The molecule has 0 aliphatic carbocycles. The number of rotatable bonds is 4. The summed E-state index contributed by atoms with van der Waals surface area (Å²) in [5.41, 5.74) is 1.31. The number of halogens is 1. The van der Waals surface area contributed by atoms with Crippen molar-refractivity contribution in [1.29, 1.82) is 0 Å². The van der Waals surface area contributed by atoms with Crippen molar-refractivity contribution in [3.05, 3.63) is 50.6 Å². The summed E-state index contributed by atoms with van der Waals surface area (Å²) in [6, 6.07) is 10.4. The molecule has 17 heavy (non-hydrogen) atoms. The van der Waals surface area contributed by atoms with Crippen LogP contribution in [0.15, 0.2) is 40.2 Å². The van der Waals surface area contributed by atoms with Crippen LogP contribution in [-0.2, 0) is 6.61 Å². The minimum Gasteiger partial charge on any atom is -0.488 e. The van der Waals surface area contributed by atoms with Crippen LogP contribution in [0.5, 0.6) is 5.75 Å². The van der Waals surface area contributed by atoms with Gasteiger partial charge in [0.05, 0.1) is 4.88 Å². The Morgan fingerprint density at radius 2 is 2.12 bits per heavy atom. The van der Waals surface area contributed by atoms with Crippen molar-refractivity contribution < 1.29 is 4.74 Å². The maximum absolute atomic E-state index is 5.80. The van der Waals surface area contributed by atoms with Crippen molar-refractivity contribution in [2.45, 2.75) is 26.4 Å². The Hall–Kier alpha value is -0.800. The lowest BCUT2D eigenvalue weighted by atomic mass is 10.0. The molecule has 0 amide bonds. The van der Waals surface area contributed by atoms with E-state index in [1.54, 1.807) is 11.3 Å². The molecule has 1 aromatic carbocycles. The molecule has 0 saturated heterocycles. The Morgan fingerprint density at radius 3 is 2.76 bits per heavy atom. The lowest BCUT2D eigenvalue weighted by Crippen LogP contribution is -1.95. The zero-order chi connectivity index (χ0) is 12.3. The van der Waals surface area contributed by atoms with E-state index >= 15 is 0 Å². The van der Waals surface area contributed by atoms with Gasteiger partial charge in [-0.25, -0.2) is 0 Å². The molecule has 0 saturated carbocycles. The van der Waals surface area contributed by atoms with Gasteiger partial charge < -0.3 is 4.74 Å². The molecular weight excluding hydrogens is 296 g/mol. The molecule has 2 rings (SSSR count). The van der Waals surface area contributed by atoms with E-state index in [9.17, 15) is 0 Å². The Kier molecular flexibility index (Phi) is 4.24. The van der Waals surface area contributed by atoms with Gasteiger partial charge in [-0.2, -0.15) is 0 Å². The van der Waals surface area contributed by atoms with E-state index in [4.69, 9.17) is 4.74 Å². The third-order valence-corrected chi connectivity index (χ3v) is 4.49. The quantitative estimate of drug-likeness (QED) is 0.753. The first-order chi connectivity index (χ1) is 8.16. The molecule has 0 N–H and O–H groups in total. The second-order valence-electron chi connectivity index (χ2n) is 4.21. The van der Waals surface area contributed by atoms with Gasteiger partial charge in [0.1, 0.15) is 12.4 Å². The largest absolute Gasteiger partial charge is 0.488 e. The molecule has 1 heterocycles. The van der Waals surface area contributed by atoms with Gasteiger partial charge in [0.15, 0.2) is 0 Å². The molecule has 0 aliphatic rings. The first kappa shape index (κ1) is 12.7. The molecule has 1 aromatic heterocycles. The third-order valence-electron chi connectivity index (χ3n) is 2.59. The van der Waals surface area contributed by atoms with Crippen molar-refractivity contribution in [2.75, 3.05) is 0 Å². The Labute approximate surface area is 115 Å². The highest BCUT2D eigenvalue weighted by atomic mass is 79.9. The standard InChI is InChI=1S/C14H15BrOS/c1-10(2)11-4-3-5-12(8-11)16-9-14-13(15)6-7-17-14/h3-8,10H,9H2,1-2H3. The Balaban J connectivity index is 2.04. The highest BCUT2D eigenvalue weighted by Gasteiger charge is 2.04. The normalized spacial score (nSPS) is 10.8. The summed E-state index contributed by atoms with van der Waals surface area (Å²) in [7, 11) is 0. The van der Waals surface area contributed by atoms with Crippen LogP contribution in [0.25, 0.3) is 0 Å². The number of thiophene rings is 1. The summed E-state index contributed by atoms with van der Waals surface area (Å²) in [4.78, 5) is 1.22. The van der Waals surface area contributed by atoms with E-state index in [-0.39, 0.29) is 0 Å². The van der Waals surface area contributed by atoms with Gasteiger partial charge in [0.2, 0.25) is 0 Å². The topological polar surface area (TPSA) is 9.23 Å². The molecule has 0 unspecified atom stereocenters. The predicted molar refractivity (Wildman–Crippen MR) is 76.9 cm³/mol. The van der Waals surface area contributed by atoms with Gasteiger partial charge in [-0.1, -0.05) is 26.0 Å². The van der Waals surface area contributed by atoms with Crippen LogP contribution in [0.1, 0.15) is 30.2 Å². The molecular formula is C14H15BrOS. The van der Waals surface area contributed by atoms with Gasteiger partial charge in [0.25, 0.3) is 0 Å². The van der Waals surface area contributed by atoms with Crippen LogP contribution in [0.4, 0.5) is 0 Å². The maximum Gasteiger partial charge on any atom is 0.124 e. The monoisotopic (exact) mass is 310 g/mol. The van der Waals surface area contributed by atoms with Crippen LogP contribution >= 0.6 is 27.3 Å². The van der Waals surface area contributed by atoms with Crippen LogP contribution in [-0.4, -0.2) is 0 Å². The van der Waals surface area contributed by atoms with Crippen LogP contribution < -0.4 is 4.74 Å². The van der Waals surface area contributed by atoms with E-state index < -0.39 is 0 Å². The summed E-state index contributed by atoms with van der Waals surface area (Å²) in [6.07, 6.45) is 0. The average Bonchev–Trinajstić information content (AvgIpc) is 2.72. The fourth-order valence-corrected chi connectivity index (χ4v) is 2.92. The maximum atomic E-state index is 5.80. The van der Waals surface area contributed by atoms with Gasteiger partial charge in [0, 0.05) is 4.47 Å². The minimum atomic E-state index is 0.534. The molecule has 90 valence electrons. The summed E-state index contributed by atoms with van der Waals surface area (Å²) >= 11 is 5.22. The van der Waals surface area contributed by atoms with Crippen molar-refractivity contribution in [1.82, 2.24) is 0 Å². The van der Waals surface area contributed by atoms with E-state index in [1.807, 2.05) is 18.2 Å². The number of benzene rings is 1. The fraction of sp³-hybridized carbons (Fsp3) is 0.286. The lowest BCUT2D eigenvalue weighted by Gasteiger charge is -2.09. The van der Waals surface area contributed by atoms with Crippen LogP contribution in [0.2, 0.25) is 0 Å². The second-order valence-corrected chi connectivity index (χ2v) is 6.06. The first-order valence-corrected chi connectivity index (χ1v) is 7.28. The van der Waals surface area contributed by atoms with Crippen LogP contribution in [0, 0.1) is 0 Å². The van der Waals surface area contributed by atoms with Crippen molar-refractivity contribution in [3.8, 4) is 5.75 Å². The molecule has 1 nitrogen and oxygen atoms in total. The number of hydrogen-bond acceptors (Lipinski definition) is 2. The summed E-state index contributed by atoms with van der Waals surface area (Å²) < 4.78 is 6.93. The molecule has 0 fully saturated rings. The molecule has 0 radical (unpaired) electrons. The Morgan fingerprint density at radius 1 is 1.29 bits per heavy atom. The van der Waals surface area contributed by atoms with Crippen LogP contribution in [0.3, 0.4) is 0 Å². The second kappa shape index (κ2) is 5.69. The van der Waals surface area contributed by atoms with Gasteiger partial charge >= 0.3 is 0 Å². The number of ether oxygens (including phenoxy) is 1. The smallest absolute Gasteiger partial charge is 0.124 e. The summed E-state index contributed by atoms with van der Waals surface area (Å²) in [5.74, 6) is 1.48. The van der Waals surface area contributed by atoms with E-state index in [1.165, 1.54) is 10.4 Å². The van der Waals surface area contributed by atoms with Crippen molar-refractivity contribution in [3.63, 3.8) is 0 Å². The molecule has 3 heteroatoms. The van der Waals surface area contributed by atoms with Gasteiger partial charge in [-0.15, -0.1) is 11.3 Å². The van der Waals surface area contributed by atoms with E-state index in [2.05, 4.69) is 47.3 Å². The Bertz CT molecular complexity index is 490. The highest BCUT2D eigenvalue weighted by Crippen LogP contribution is 2.25. The SMILES string of the molecule is CC(C)c1cccc(OCc2sccc2Br)c1. The number of hydrogen-bond donors (Lipinski definition) is 0. The van der Waals surface area contributed by atoms with Crippen molar-refractivity contribution in [2.24, 2.45) is 0 Å². The molecule has 0 bridgehead atoms. The van der Waals surface area contributed by atoms with Crippen molar-refractivity contribution >= 4 is 27.3 Å². The van der Waals surface area contributed by atoms with Gasteiger partial charge in [-0.05, 0) is 51.0 Å². The molecule has 2 aromatic rings.